The van der Waals surface area contributed by atoms with Gasteiger partial charge in [-0.25, -0.2) is 9.59 Å². The number of hydrogen-bond acceptors (Lipinski definition) is 3. The van der Waals surface area contributed by atoms with Crippen molar-refractivity contribution in [3.63, 3.8) is 0 Å². The molecule has 0 amide bonds. The van der Waals surface area contributed by atoms with Gasteiger partial charge < -0.3 is 4.74 Å². The molecule has 3 nitrogen and oxygen atoms in total. The Labute approximate surface area is 114 Å². The molecule has 0 N–H and O–H groups in total. The summed E-state index contributed by atoms with van der Waals surface area (Å²) >= 11 is 0. The zero-order chi connectivity index (χ0) is 17.1. The molecule has 0 saturated carbocycles. The highest BCUT2D eigenvalue weighted by atomic mass is 19.4. The highest BCUT2D eigenvalue weighted by molar-refractivity contribution is 5.98. The lowest BCUT2D eigenvalue weighted by Gasteiger charge is -2.27. The Hall–Kier alpha value is -1.87. The van der Waals surface area contributed by atoms with E-state index in [-0.39, 0.29) is 6.08 Å². The number of alkyl halides is 7. The van der Waals surface area contributed by atoms with E-state index in [1.807, 2.05) is 0 Å². The molecule has 21 heavy (non-hydrogen) atoms. The van der Waals surface area contributed by atoms with Crippen molar-refractivity contribution in [3.8, 4) is 0 Å². The normalized spacial score (nSPS) is 13.8. The van der Waals surface area contributed by atoms with Crippen LogP contribution in [-0.2, 0) is 14.3 Å². The molecule has 0 radical (unpaired) electrons. The molecule has 0 aromatic heterocycles. The van der Waals surface area contributed by atoms with Gasteiger partial charge in [-0.2, -0.15) is 30.7 Å². The van der Waals surface area contributed by atoms with Gasteiger partial charge in [0.25, 0.3) is 0 Å². The van der Waals surface area contributed by atoms with Gasteiger partial charge in [0.1, 0.15) is 0 Å². The van der Waals surface area contributed by atoms with Crippen molar-refractivity contribution in [2.75, 3.05) is 0 Å². The molecule has 0 rings (SSSR count). The summed E-state index contributed by atoms with van der Waals surface area (Å²) in [5.74, 6) is -14.4. The summed E-state index contributed by atoms with van der Waals surface area (Å²) in [5.41, 5.74) is -0.733. The summed E-state index contributed by atoms with van der Waals surface area (Å²) in [4.78, 5) is 21.7. The third-order valence-electron chi connectivity index (χ3n) is 2.16. The molecule has 10 heteroatoms. The molecular weight excluding hydrogens is 313 g/mol. The molecule has 0 aliphatic rings. The lowest BCUT2D eigenvalue weighted by molar-refractivity contribution is -0.353. The lowest BCUT2D eigenvalue weighted by atomic mass is 10.1. The maximum absolute atomic E-state index is 12.9. The summed E-state index contributed by atoms with van der Waals surface area (Å²) in [7, 11) is 0. The summed E-state index contributed by atoms with van der Waals surface area (Å²) in [6.07, 6.45) is -7.82. The number of halogens is 7. The number of hydrogen-bond donors (Lipinski definition) is 0. The van der Waals surface area contributed by atoms with Crippen molar-refractivity contribution in [3.05, 3.63) is 24.3 Å². The van der Waals surface area contributed by atoms with E-state index in [1.165, 1.54) is 0 Å². The second-order valence-corrected chi connectivity index (χ2v) is 3.78. The van der Waals surface area contributed by atoms with Gasteiger partial charge in [0.05, 0.1) is 0 Å². The van der Waals surface area contributed by atoms with E-state index >= 15 is 0 Å². The predicted octanol–water partition coefficient (Wildman–Crippen LogP) is 3.41. The van der Waals surface area contributed by atoms with Crippen LogP contribution in [0.3, 0.4) is 0 Å². The van der Waals surface area contributed by atoms with Crippen LogP contribution in [0.2, 0.25) is 0 Å². The van der Waals surface area contributed by atoms with Crippen LogP contribution in [-0.4, -0.2) is 30.0 Å². The van der Waals surface area contributed by atoms with Gasteiger partial charge in [-0.1, -0.05) is 12.7 Å². The molecule has 0 atom stereocenters. The second-order valence-electron chi connectivity index (χ2n) is 3.78. The quantitative estimate of drug-likeness (QED) is 0.337. The van der Waals surface area contributed by atoms with Crippen LogP contribution < -0.4 is 0 Å². The standard InChI is InChI=1S/C11H9F7O3/c1-3-7(19)21-8(20)6(2)4-5-9(12,13)10(14,15)11(16,17)18/h3-4H,1,5H2,2H3. The number of carbonyl (C=O) groups is 2. The Morgan fingerprint density at radius 1 is 1.10 bits per heavy atom. The first-order valence-electron chi connectivity index (χ1n) is 5.14. The van der Waals surface area contributed by atoms with Gasteiger partial charge in [-0.15, -0.1) is 0 Å². The molecule has 0 fully saturated rings. The second kappa shape index (κ2) is 6.27. The maximum atomic E-state index is 12.9. The predicted molar refractivity (Wildman–Crippen MR) is 55.6 cm³/mol. The van der Waals surface area contributed by atoms with E-state index in [1.54, 1.807) is 0 Å². The number of allylic oxidation sites excluding steroid dienone is 1. The van der Waals surface area contributed by atoms with Crippen LogP contribution in [0.5, 0.6) is 0 Å². The van der Waals surface area contributed by atoms with Crippen molar-refractivity contribution < 1.29 is 45.1 Å². The Balaban J connectivity index is 5.05. The van der Waals surface area contributed by atoms with E-state index in [0.29, 0.717) is 6.08 Å². The van der Waals surface area contributed by atoms with Gasteiger partial charge >= 0.3 is 30.0 Å². The van der Waals surface area contributed by atoms with Crippen molar-refractivity contribution >= 4 is 11.9 Å². The van der Waals surface area contributed by atoms with Crippen molar-refractivity contribution in [2.24, 2.45) is 0 Å². The molecule has 120 valence electrons. The third kappa shape index (κ3) is 4.57. The Morgan fingerprint density at radius 2 is 1.57 bits per heavy atom. The molecule has 0 aromatic carbocycles. The molecular formula is C11H9F7O3. The molecule has 0 spiro atoms. The summed E-state index contributed by atoms with van der Waals surface area (Å²) in [6.45, 7) is 3.73. The van der Waals surface area contributed by atoms with Crippen LogP contribution in [0.15, 0.2) is 24.3 Å². The van der Waals surface area contributed by atoms with Crippen LogP contribution in [0.25, 0.3) is 0 Å². The van der Waals surface area contributed by atoms with E-state index in [2.05, 4.69) is 11.3 Å². The largest absolute Gasteiger partial charge is 0.459 e. The number of esters is 2. The fourth-order valence-corrected chi connectivity index (χ4v) is 0.914. The van der Waals surface area contributed by atoms with Crippen molar-refractivity contribution in [2.45, 2.75) is 31.4 Å². The molecule has 0 saturated heterocycles. The SMILES string of the molecule is C=CC(=O)OC(=O)C(C)=CCC(F)(F)C(F)(F)C(F)(F)F. The smallest absolute Gasteiger partial charge is 0.386 e. The number of ether oxygens (including phenoxy) is 1. The average Bonchev–Trinajstić information content (AvgIpc) is 2.33. The molecule has 0 aliphatic carbocycles. The van der Waals surface area contributed by atoms with Gasteiger partial charge in [0, 0.05) is 18.1 Å². The molecule has 0 bridgehead atoms. The zero-order valence-corrected chi connectivity index (χ0v) is 10.4. The fraction of sp³-hybridized carbons (Fsp3) is 0.455. The van der Waals surface area contributed by atoms with E-state index in [9.17, 15) is 40.3 Å². The fourth-order valence-electron chi connectivity index (χ4n) is 0.914. The van der Waals surface area contributed by atoms with Crippen LogP contribution in [0.4, 0.5) is 30.7 Å². The average molecular weight is 322 g/mol. The first-order valence-corrected chi connectivity index (χ1v) is 5.14. The molecule has 0 aromatic rings. The number of carbonyl (C=O) groups excluding carboxylic acids is 2. The monoisotopic (exact) mass is 322 g/mol. The van der Waals surface area contributed by atoms with Gasteiger partial charge in [0.2, 0.25) is 0 Å². The van der Waals surface area contributed by atoms with Crippen LogP contribution in [0, 0.1) is 0 Å². The van der Waals surface area contributed by atoms with Crippen LogP contribution >= 0.6 is 0 Å². The zero-order valence-electron chi connectivity index (χ0n) is 10.4. The lowest BCUT2D eigenvalue weighted by Crippen LogP contribution is -2.51. The third-order valence-corrected chi connectivity index (χ3v) is 2.16. The Morgan fingerprint density at radius 3 is 1.95 bits per heavy atom. The highest BCUT2D eigenvalue weighted by Gasteiger charge is 2.72. The summed E-state index contributed by atoms with van der Waals surface area (Å²) in [6, 6.07) is 0. The Bertz CT molecular complexity index is 463. The molecule has 0 aliphatic heterocycles. The number of rotatable bonds is 5. The minimum atomic E-state index is -6.45. The topological polar surface area (TPSA) is 43.4 Å². The van der Waals surface area contributed by atoms with Crippen LogP contribution in [0.1, 0.15) is 13.3 Å². The van der Waals surface area contributed by atoms with Crippen molar-refractivity contribution in [1.29, 1.82) is 0 Å². The van der Waals surface area contributed by atoms with E-state index < -0.39 is 42.0 Å². The van der Waals surface area contributed by atoms with E-state index in [0.717, 1.165) is 6.92 Å². The Kier molecular flexibility index (Phi) is 5.71. The maximum Gasteiger partial charge on any atom is 0.459 e. The summed E-state index contributed by atoms with van der Waals surface area (Å²) < 4.78 is 90.3. The highest BCUT2D eigenvalue weighted by Crippen LogP contribution is 2.48. The van der Waals surface area contributed by atoms with Gasteiger partial charge in [-0.3, -0.25) is 0 Å². The van der Waals surface area contributed by atoms with E-state index in [4.69, 9.17) is 0 Å². The van der Waals surface area contributed by atoms with Gasteiger partial charge in [-0.05, 0) is 6.92 Å². The van der Waals surface area contributed by atoms with Gasteiger partial charge in [0.15, 0.2) is 0 Å². The first-order chi connectivity index (χ1) is 9.26. The molecule has 0 unspecified atom stereocenters. The summed E-state index contributed by atoms with van der Waals surface area (Å²) in [5, 5.41) is 0. The minimum absolute atomic E-state index is 0.123. The van der Waals surface area contributed by atoms with Crippen molar-refractivity contribution in [1.82, 2.24) is 0 Å². The minimum Gasteiger partial charge on any atom is -0.386 e. The molecule has 0 heterocycles. The first kappa shape index (κ1) is 19.1.